The average Bonchev–Trinajstić information content (AvgIpc) is 3.02. The van der Waals surface area contributed by atoms with Gasteiger partial charge >= 0.3 is 0 Å². The minimum absolute atomic E-state index is 0.527. The number of rotatable bonds is 4. The molecule has 0 amide bonds. The molecule has 0 spiro atoms. The van der Waals surface area contributed by atoms with Crippen molar-refractivity contribution in [2.24, 2.45) is 0 Å². The van der Waals surface area contributed by atoms with Crippen LogP contribution in [-0.4, -0.2) is 19.5 Å². The first-order chi connectivity index (χ1) is 13.2. The molecule has 132 valence electrons. The number of hydrogen-bond acceptors (Lipinski definition) is 5. The van der Waals surface area contributed by atoms with E-state index in [0.29, 0.717) is 29.8 Å². The van der Waals surface area contributed by atoms with E-state index in [4.69, 9.17) is 0 Å². The Morgan fingerprint density at radius 2 is 1.81 bits per heavy atom. The van der Waals surface area contributed by atoms with Crippen molar-refractivity contribution in [3.8, 4) is 12.0 Å². The van der Waals surface area contributed by atoms with E-state index in [-0.39, 0.29) is 0 Å². The molecule has 0 aliphatic rings. The molecule has 6 nitrogen and oxygen atoms in total. The van der Waals surface area contributed by atoms with Crippen LogP contribution in [0.3, 0.4) is 0 Å². The molecule has 2 heterocycles. The van der Waals surface area contributed by atoms with Crippen molar-refractivity contribution in [2.75, 3.05) is 5.32 Å². The molecule has 2 aromatic carbocycles. The topological polar surface area (TPSA) is 79.4 Å². The third-order valence-corrected chi connectivity index (χ3v) is 4.38. The van der Waals surface area contributed by atoms with Crippen LogP contribution in [0, 0.1) is 25.2 Å². The van der Waals surface area contributed by atoms with Crippen LogP contribution in [0.5, 0.6) is 0 Å². The van der Waals surface area contributed by atoms with Gasteiger partial charge in [-0.3, -0.25) is 4.57 Å². The van der Waals surface area contributed by atoms with Crippen molar-refractivity contribution in [3.63, 3.8) is 0 Å². The first-order valence-corrected chi connectivity index (χ1v) is 8.68. The Balaban J connectivity index is 1.75. The van der Waals surface area contributed by atoms with Crippen molar-refractivity contribution >= 4 is 16.9 Å². The Morgan fingerprint density at radius 1 is 1.00 bits per heavy atom. The third kappa shape index (κ3) is 3.23. The zero-order valence-corrected chi connectivity index (χ0v) is 15.1. The summed E-state index contributed by atoms with van der Waals surface area (Å²) >= 11 is 0. The normalized spacial score (nSPS) is 10.7. The fourth-order valence-corrected chi connectivity index (χ4v) is 3.15. The maximum atomic E-state index is 9.36. The minimum atomic E-state index is 0.527. The van der Waals surface area contributed by atoms with Crippen LogP contribution in [-0.2, 0) is 6.54 Å². The highest BCUT2D eigenvalue weighted by atomic mass is 15.2. The number of aryl methyl sites for hydroxylation is 2. The summed E-state index contributed by atoms with van der Waals surface area (Å²) in [7, 11) is 0. The number of hydrogen-bond donors (Lipinski definition) is 1. The second kappa shape index (κ2) is 6.89. The van der Waals surface area contributed by atoms with E-state index in [9.17, 15) is 5.26 Å². The van der Waals surface area contributed by atoms with Gasteiger partial charge in [0, 0.05) is 17.6 Å². The number of nitrogens with one attached hydrogen (secondary N) is 1. The summed E-state index contributed by atoms with van der Waals surface area (Å²) in [6.07, 6.45) is 0. The SMILES string of the molecule is Cc1nc(NCc2ccccc2)nc(-n2c(C)cc3c(C#N)cccc32)n1. The van der Waals surface area contributed by atoms with Gasteiger partial charge < -0.3 is 5.32 Å². The number of aromatic nitrogens is 4. The fraction of sp³-hybridized carbons (Fsp3) is 0.143. The van der Waals surface area contributed by atoms with E-state index in [1.54, 1.807) is 0 Å². The van der Waals surface area contributed by atoms with Crippen LogP contribution in [0.2, 0.25) is 0 Å². The van der Waals surface area contributed by atoms with Crippen LogP contribution in [0.1, 0.15) is 22.6 Å². The van der Waals surface area contributed by atoms with Crippen LogP contribution < -0.4 is 5.32 Å². The molecule has 0 bridgehead atoms. The Hall–Kier alpha value is -3.72. The quantitative estimate of drug-likeness (QED) is 0.601. The first-order valence-electron chi connectivity index (χ1n) is 8.68. The van der Waals surface area contributed by atoms with E-state index in [0.717, 1.165) is 22.2 Å². The minimum Gasteiger partial charge on any atom is -0.350 e. The largest absolute Gasteiger partial charge is 0.350 e. The Bertz CT molecular complexity index is 1150. The van der Waals surface area contributed by atoms with Crippen LogP contribution in [0.15, 0.2) is 54.6 Å². The molecule has 4 rings (SSSR count). The molecule has 0 aliphatic heterocycles. The van der Waals surface area contributed by atoms with Crippen LogP contribution in [0.4, 0.5) is 5.95 Å². The van der Waals surface area contributed by atoms with E-state index in [2.05, 4.69) is 38.5 Å². The zero-order chi connectivity index (χ0) is 18.8. The molecule has 4 aromatic rings. The van der Waals surface area contributed by atoms with E-state index in [1.807, 2.05) is 60.9 Å². The highest BCUT2D eigenvalue weighted by Crippen LogP contribution is 2.25. The molecule has 0 atom stereocenters. The molecule has 0 fully saturated rings. The molecule has 27 heavy (non-hydrogen) atoms. The molecule has 0 unspecified atom stereocenters. The number of nitrogens with zero attached hydrogens (tertiary/aromatic N) is 5. The Kier molecular flexibility index (Phi) is 4.27. The molecule has 1 N–H and O–H groups in total. The average molecular weight is 354 g/mol. The highest BCUT2D eigenvalue weighted by Gasteiger charge is 2.14. The molecule has 0 saturated carbocycles. The smallest absolute Gasteiger partial charge is 0.239 e. The molecule has 0 saturated heterocycles. The predicted octanol–water partition coefficient (Wildman–Crippen LogP) is 3.92. The van der Waals surface area contributed by atoms with Gasteiger partial charge in [0.25, 0.3) is 0 Å². The van der Waals surface area contributed by atoms with Crippen LogP contribution >= 0.6 is 0 Å². The number of fused-ring (bicyclic) bond motifs is 1. The van der Waals surface area contributed by atoms with Gasteiger partial charge in [-0.25, -0.2) is 0 Å². The zero-order valence-electron chi connectivity index (χ0n) is 15.1. The second-order valence-corrected chi connectivity index (χ2v) is 6.32. The summed E-state index contributed by atoms with van der Waals surface area (Å²) in [5.74, 6) is 1.70. The first kappa shape index (κ1) is 16.7. The van der Waals surface area contributed by atoms with Crippen molar-refractivity contribution < 1.29 is 0 Å². The van der Waals surface area contributed by atoms with Gasteiger partial charge in [-0.15, -0.1) is 0 Å². The van der Waals surface area contributed by atoms with Gasteiger partial charge in [-0.05, 0) is 37.6 Å². The third-order valence-electron chi connectivity index (χ3n) is 4.38. The van der Waals surface area contributed by atoms with Crippen molar-refractivity contribution in [3.05, 3.63) is 77.2 Å². The molecular weight excluding hydrogens is 336 g/mol. The standard InChI is InChI=1S/C21H18N6/c1-14-11-18-17(12-22)9-6-10-19(18)27(14)21-25-15(2)24-20(26-21)23-13-16-7-4-3-5-8-16/h3-11H,13H2,1-2H3,(H,23,24,25,26). The maximum Gasteiger partial charge on any atom is 0.239 e. The van der Waals surface area contributed by atoms with Gasteiger partial charge in [-0.2, -0.15) is 20.2 Å². The van der Waals surface area contributed by atoms with E-state index >= 15 is 0 Å². The molecule has 0 aliphatic carbocycles. The van der Waals surface area contributed by atoms with Gasteiger partial charge in [0.1, 0.15) is 5.82 Å². The summed E-state index contributed by atoms with van der Waals surface area (Å²) < 4.78 is 1.96. The summed E-state index contributed by atoms with van der Waals surface area (Å²) in [5.41, 5.74) is 3.67. The predicted molar refractivity (Wildman–Crippen MR) is 105 cm³/mol. The monoisotopic (exact) mass is 354 g/mol. The highest BCUT2D eigenvalue weighted by molar-refractivity contribution is 5.88. The van der Waals surface area contributed by atoms with Gasteiger partial charge in [-0.1, -0.05) is 36.4 Å². The Labute approximate surface area is 157 Å². The summed E-state index contributed by atoms with van der Waals surface area (Å²) in [5, 5.41) is 13.5. The van der Waals surface area contributed by atoms with Gasteiger partial charge in [0.05, 0.1) is 17.1 Å². The maximum absolute atomic E-state index is 9.36. The Morgan fingerprint density at radius 3 is 2.59 bits per heavy atom. The number of benzene rings is 2. The lowest BCUT2D eigenvalue weighted by molar-refractivity contribution is 0.864. The van der Waals surface area contributed by atoms with E-state index < -0.39 is 0 Å². The lowest BCUT2D eigenvalue weighted by Gasteiger charge is -2.10. The summed E-state index contributed by atoms with van der Waals surface area (Å²) in [6, 6.07) is 20.0. The molecule has 6 heteroatoms. The lowest BCUT2D eigenvalue weighted by atomic mass is 10.1. The molecule has 2 aromatic heterocycles. The molecule has 0 radical (unpaired) electrons. The second-order valence-electron chi connectivity index (χ2n) is 6.32. The van der Waals surface area contributed by atoms with E-state index in [1.165, 1.54) is 0 Å². The van der Waals surface area contributed by atoms with Crippen LogP contribution in [0.25, 0.3) is 16.9 Å². The number of nitriles is 1. The summed E-state index contributed by atoms with van der Waals surface area (Å²) in [4.78, 5) is 13.5. The fourth-order valence-electron chi connectivity index (χ4n) is 3.15. The van der Waals surface area contributed by atoms with Crippen molar-refractivity contribution in [1.82, 2.24) is 19.5 Å². The number of anilines is 1. The van der Waals surface area contributed by atoms with Crippen molar-refractivity contribution in [1.29, 1.82) is 5.26 Å². The van der Waals surface area contributed by atoms with Crippen molar-refractivity contribution in [2.45, 2.75) is 20.4 Å². The lowest BCUT2D eigenvalue weighted by Crippen LogP contribution is -2.10. The summed E-state index contributed by atoms with van der Waals surface area (Å²) in [6.45, 7) is 4.46. The van der Waals surface area contributed by atoms with Gasteiger partial charge in [0.15, 0.2) is 0 Å². The van der Waals surface area contributed by atoms with Gasteiger partial charge in [0.2, 0.25) is 11.9 Å². The molecular formula is C21H18N6.